The summed E-state index contributed by atoms with van der Waals surface area (Å²) in [7, 11) is 1.52. The molecule has 120 valence electrons. The second kappa shape index (κ2) is 6.64. The van der Waals surface area contributed by atoms with Crippen LogP contribution >= 0.6 is 0 Å². The smallest absolute Gasteiger partial charge is 0.308 e. The van der Waals surface area contributed by atoms with Gasteiger partial charge in [-0.2, -0.15) is 0 Å². The Morgan fingerprint density at radius 3 is 2.73 bits per heavy atom. The number of aliphatic carboxylic acids is 1. The second-order valence-corrected chi connectivity index (χ2v) is 5.59. The number of rotatable bonds is 4. The molecule has 1 aromatic rings. The molecule has 0 unspecified atom stereocenters. The van der Waals surface area contributed by atoms with Gasteiger partial charge in [0.15, 0.2) is 5.76 Å². The van der Waals surface area contributed by atoms with Gasteiger partial charge in [-0.1, -0.05) is 0 Å². The van der Waals surface area contributed by atoms with E-state index >= 15 is 0 Å². The number of piperidine rings is 1. The number of amides is 2. The maximum absolute atomic E-state index is 12.2. The van der Waals surface area contributed by atoms with Crippen molar-refractivity contribution in [1.82, 2.24) is 9.80 Å². The van der Waals surface area contributed by atoms with E-state index in [0.717, 1.165) is 0 Å². The minimum absolute atomic E-state index is 0.0923. The molecule has 2 amide bonds. The van der Waals surface area contributed by atoms with Crippen molar-refractivity contribution in [3.8, 4) is 0 Å². The normalized spacial score (nSPS) is 18.1. The summed E-state index contributed by atoms with van der Waals surface area (Å²) in [6, 6.07) is 3.25. The van der Waals surface area contributed by atoms with Crippen LogP contribution in [0.2, 0.25) is 0 Å². The number of aryl methyl sites for hydroxylation is 1. The molecule has 0 aromatic carbocycles. The quantitative estimate of drug-likeness (QED) is 0.895. The van der Waals surface area contributed by atoms with Gasteiger partial charge in [-0.15, -0.1) is 0 Å². The van der Waals surface area contributed by atoms with Gasteiger partial charge in [-0.05, 0) is 31.9 Å². The average molecular weight is 308 g/mol. The van der Waals surface area contributed by atoms with E-state index in [2.05, 4.69) is 0 Å². The van der Waals surface area contributed by atoms with Crippen LogP contribution in [0.3, 0.4) is 0 Å². The van der Waals surface area contributed by atoms with Crippen molar-refractivity contribution in [1.29, 1.82) is 0 Å². The van der Waals surface area contributed by atoms with Crippen LogP contribution in [0.1, 0.15) is 29.2 Å². The van der Waals surface area contributed by atoms with Crippen LogP contribution in [0.4, 0.5) is 0 Å². The molecular formula is C15H20N2O5. The second-order valence-electron chi connectivity index (χ2n) is 5.59. The molecule has 0 radical (unpaired) electrons. The molecule has 1 N–H and O–H groups in total. The van der Waals surface area contributed by atoms with Crippen molar-refractivity contribution in [2.45, 2.75) is 19.8 Å². The summed E-state index contributed by atoms with van der Waals surface area (Å²) < 4.78 is 5.25. The molecule has 1 saturated heterocycles. The lowest BCUT2D eigenvalue weighted by molar-refractivity contribution is -0.145. The molecule has 7 heteroatoms. The van der Waals surface area contributed by atoms with Gasteiger partial charge >= 0.3 is 5.97 Å². The molecule has 0 aliphatic carbocycles. The lowest BCUT2D eigenvalue weighted by Gasteiger charge is -2.31. The highest BCUT2D eigenvalue weighted by atomic mass is 16.4. The van der Waals surface area contributed by atoms with E-state index in [1.807, 2.05) is 0 Å². The minimum Gasteiger partial charge on any atom is -0.481 e. The van der Waals surface area contributed by atoms with E-state index < -0.39 is 11.9 Å². The molecule has 1 aliphatic rings. The van der Waals surface area contributed by atoms with Crippen molar-refractivity contribution < 1.29 is 23.9 Å². The molecule has 0 spiro atoms. The summed E-state index contributed by atoms with van der Waals surface area (Å²) in [5, 5.41) is 9.04. The number of furan rings is 1. The summed E-state index contributed by atoms with van der Waals surface area (Å²) in [6.07, 6.45) is 1.25. The number of carbonyl (C=O) groups excluding carboxylic acids is 2. The van der Waals surface area contributed by atoms with Crippen molar-refractivity contribution in [3.05, 3.63) is 23.7 Å². The van der Waals surface area contributed by atoms with E-state index in [9.17, 15) is 14.4 Å². The van der Waals surface area contributed by atoms with Crippen LogP contribution in [0.15, 0.2) is 16.5 Å². The minimum atomic E-state index is -0.881. The Morgan fingerprint density at radius 2 is 2.14 bits per heavy atom. The van der Waals surface area contributed by atoms with Gasteiger partial charge in [0.25, 0.3) is 5.91 Å². The Kier molecular flexibility index (Phi) is 4.85. The third-order valence-electron chi connectivity index (χ3n) is 3.79. The first-order valence-corrected chi connectivity index (χ1v) is 7.21. The van der Waals surface area contributed by atoms with E-state index in [1.54, 1.807) is 19.1 Å². The largest absolute Gasteiger partial charge is 0.481 e. The van der Waals surface area contributed by atoms with Crippen molar-refractivity contribution in [2.75, 3.05) is 26.7 Å². The first-order valence-electron chi connectivity index (χ1n) is 7.21. The molecule has 2 rings (SSSR count). The number of hydrogen-bond donors (Lipinski definition) is 1. The highest BCUT2D eigenvalue weighted by Crippen LogP contribution is 2.17. The van der Waals surface area contributed by atoms with Gasteiger partial charge in [0.1, 0.15) is 5.76 Å². The number of likely N-dealkylation sites (N-methyl/N-ethyl adjacent to an activating group) is 1. The van der Waals surface area contributed by atoms with Crippen molar-refractivity contribution >= 4 is 17.8 Å². The molecule has 2 heterocycles. The predicted molar refractivity (Wildman–Crippen MR) is 77.3 cm³/mol. The Labute approximate surface area is 128 Å². The third-order valence-corrected chi connectivity index (χ3v) is 3.79. The summed E-state index contributed by atoms with van der Waals surface area (Å²) >= 11 is 0. The van der Waals surface area contributed by atoms with Crippen LogP contribution in [0.25, 0.3) is 0 Å². The number of likely N-dealkylation sites (tertiary alicyclic amines) is 1. The van der Waals surface area contributed by atoms with Gasteiger partial charge in [0, 0.05) is 20.1 Å². The Morgan fingerprint density at radius 1 is 1.41 bits per heavy atom. The summed E-state index contributed by atoms with van der Waals surface area (Å²) in [5.41, 5.74) is 0. The van der Waals surface area contributed by atoms with E-state index in [0.29, 0.717) is 25.1 Å². The topological polar surface area (TPSA) is 91.1 Å². The van der Waals surface area contributed by atoms with Crippen LogP contribution in [0, 0.1) is 12.8 Å². The Bertz CT molecular complexity index is 580. The molecule has 7 nitrogen and oxygen atoms in total. The number of carboxylic acids is 1. The van der Waals surface area contributed by atoms with E-state index in [4.69, 9.17) is 9.52 Å². The monoisotopic (exact) mass is 308 g/mol. The standard InChI is InChI=1S/C15H20N2O5/c1-10-5-6-12(22-10)14(19)16(2)9-13(18)17-7-3-4-11(8-17)15(20)21/h5-6,11H,3-4,7-9H2,1-2H3,(H,20,21)/t11-/m1/s1. The first kappa shape index (κ1) is 16.1. The van der Waals surface area contributed by atoms with Crippen LogP contribution in [-0.2, 0) is 9.59 Å². The van der Waals surface area contributed by atoms with Crippen LogP contribution < -0.4 is 0 Å². The van der Waals surface area contributed by atoms with Gasteiger partial charge in [0.05, 0.1) is 12.5 Å². The molecule has 1 aliphatic heterocycles. The fourth-order valence-corrected chi connectivity index (χ4v) is 2.52. The van der Waals surface area contributed by atoms with Gasteiger partial charge < -0.3 is 19.3 Å². The average Bonchev–Trinajstić information content (AvgIpc) is 2.93. The number of carbonyl (C=O) groups is 3. The highest BCUT2D eigenvalue weighted by molar-refractivity contribution is 5.94. The fourth-order valence-electron chi connectivity index (χ4n) is 2.52. The molecule has 1 fully saturated rings. The lowest BCUT2D eigenvalue weighted by atomic mass is 9.98. The zero-order valence-electron chi connectivity index (χ0n) is 12.7. The Hall–Kier alpha value is -2.31. The van der Waals surface area contributed by atoms with Crippen LogP contribution in [-0.4, -0.2) is 59.4 Å². The van der Waals surface area contributed by atoms with Crippen molar-refractivity contribution in [3.63, 3.8) is 0 Å². The third kappa shape index (κ3) is 3.66. The maximum atomic E-state index is 12.2. The number of hydrogen-bond acceptors (Lipinski definition) is 4. The molecule has 0 saturated carbocycles. The maximum Gasteiger partial charge on any atom is 0.308 e. The molecule has 1 atom stereocenters. The number of carboxylic acid groups (broad SMARTS) is 1. The zero-order chi connectivity index (χ0) is 16.3. The molecular weight excluding hydrogens is 288 g/mol. The van der Waals surface area contributed by atoms with Crippen molar-refractivity contribution in [2.24, 2.45) is 5.92 Å². The summed E-state index contributed by atoms with van der Waals surface area (Å²) in [5.74, 6) is -1.20. The summed E-state index contributed by atoms with van der Waals surface area (Å²) in [4.78, 5) is 38.2. The van der Waals surface area contributed by atoms with Gasteiger partial charge in [-0.25, -0.2) is 0 Å². The lowest BCUT2D eigenvalue weighted by Crippen LogP contribution is -2.46. The molecule has 22 heavy (non-hydrogen) atoms. The van der Waals surface area contributed by atoms with Gasteiger partial charge in [0.2, 0.25) is 5.91 Å². The molecule has 0 bridgehead atoms. The fraction of sp³-hybridized carbons (Fsp3) is 0.533. The van der Waals surface area contributed by atoms with E-state index in [-0.39, 0.29) is 30.7 Å². The summed E-state index contributed by atoms with van der Waals surface area (Å²) in [6.45, 7) is 2.38. The van der Waals surface area contributed by atoms with Gasteiger partial charge in [-0.3, -0.25) is 14.4 Å². The highest BCUT2D eigenvalue weighted by Gasteiger charge is 2.29. The Balaban J connectivity index is 1.93. The van der Waals surface area contributed by atoms with Crippen LogP contribution in [0.5, 0.6) is 0 Å². The van der Waals surface area contributed by atoms with E-state index in [1.165, 1.54) is 16.8 Å². The SMILES string of the molecule is Cc1ccc(C(=O)N(C)CC(=O)N2CCC[C@@H](C(=O)O)C2)o1. The number of nitrogens with zero attached hydrogens (tertiary/aromatic N) is 2. The first-order chi connectivity index (χ1) is 10.4. The predicted octanol–water partition coefficient (Wildman–Crippen LogP) is 0.983. The molecule has 1 aromatic heterocycles. The zero-order valence-corrected chi connectivity index (χ0v) is 12.7.